The van der Waals surface area contributed by atoms with Crippen molar-refractivity contribution in [1.82, 2.24) is 9.80 Å². The van der Waals surface area contributed by atoms with Crippen molar-refractivity contribution in [2.75, 3.05) is 40.3 Å². The van der Waals surface area contributed by atoms with Gasteiger partial charge in [-0.15, -0.1) is 0 Å². The monoisotopic (exact) mass is 255 g/mol. The zero-order chi connectivity index (χ0) is 13.8. The summed E-state index contributed by atoms with van der Waals surface area (Å²) in [5.74, 6) is 0.627. The van der Waals surface area contributed by atoms with Crippen LogP contribution in [-0.2, 0) is 0 Å². The third-order valence-corrected chi connectivity index (χ3v) is 4.00. The molecule has 0 aromatic rings. The summed E-state index contributed by atoms with van der Waals surface area (Å²) in [7, 11) is 4.50. The van der Waals surface area contributed by atoms with Crippen LogP contribution in [-0.4, -0.2) is 56.1 Å². The maximum absolute atomic E-state index is 5.95. The Labute approximate surface area is 114 Å². The number of hydrogen-bond donors (Lipinski definition) is 1. The molecule has 0 amide bonds. The third kappa shape index (κ3) is 5.68. The molecule has 1 saturated heterocycles. The van der Waals surface area contributed by atoms with Gasteiger partial charge in [0.15, 0.2) is 0 Å². The second kappa shape index (κ2) is 6.88. The highest BCUT2D eigenvalue weighted by Gasteiger charge is 2.24. The lowest BCUT2D eigenvalue weighted by Crippen LogP contribution is -2.47. The number of rotatable bonds is 5. The average Bonchev–Trinajstić information content (AvgIpc) is 2.26. The molecule has 3 heteroatoms. The van der Waals surface area contributed by atoms with E-state index < -0.39 is 0 Å². The number of piperidine rings is 1. The Hall–Kier alpha value is -0.120. The lowest BCUT2D eigenvalue weighted by molar-refractivity contribution is 0.112. The highest BCUT2D eigenvalue weighted by Crippen LogP contribution is 2.25. The summed E-state index contributed by atoms with van der Waals surface area (Å²) in [5, 5.41) is 0. The SMILES string of the molecule is CN1CCCC(N(C)CC(CN)CC(C)(C)C)C1. The van der Waals surface area contributed by atoms with E-state index in [0.717, 1.165) is 19.1 Å². The number of likely N-dealkylation sites (N-methyl/N-ethyl adjacent to an activating group) is 2. The fourth-order valence-corrected chi connectivity index (χ4v) is 3.14. The molecule has 1 heterocycles. The molecule has 0 aliphatic carbocycles. The van der Waals surface area contributed by atoms with Crippen LogP contribution in [0.3, 0.4) is 0 Å². The molecule has 0 radical (unpaired) electrons. The Balaban J connectivity index is 2.43. The van der Waals surface area contributed by atoms with Gasteiger partial charge in [-0.25, -0.2) is 0 Å². The van der Waals surface area contributed by atoms with Crippen LogP contribution in [0.1, 0.15) is 40.0 Å². The molecule has 2 atom stereocenters. The molecule has 2 N–H and O–H groups in total. The van der Waals surface area contributed by atoms with Crippen molar-refractivity contribution in [3.05, 3.63) is 0 Å². The standard InChI is InChI=1S/C15H33N3/c1-15(2,3)9-13(10-16)11-18(5)14-7-6-8-17(4)12-14/h13-14H,6-12,16H2,1-5H3. The lowest BCUT2D eigenvalue weighted by Gasteiger charge is -2.38. The van der Waals surface area contributed by atoms with Crippen LogP contribution in [0, 0.1) is 11.3 Å². The minimum absolute atomic E-state index is 0.383. The number of likely N-dealkylation sites (tertiary alicyclic amines) is 1. The van der Waals surface area contributed by atoms with E-state index in [4.69, 9.17) is 5.73 Å². The van der Waals surface area contributed by atoms with Gasteiger partial charge in [-0.3, -0.25) is 0 Å². The predicted molar refractivity (Wildman–Crippen MR) is 79.8 cm³/mol. The molecule has 0 saturated carbocycles. The van der Waals surface area contributed by atoms with E-state index in [1.165, 1.54) is 32.4 Å². The molecule has 0 aromatic carbocycles. The van der Waals surface area contributed by atoms with Crippen molar-refractivity contribution in [3.63, 3.8) is 0 Å². The van der Waals surface area contributed by atoms with Crippen molar-refractivity contribution in [1.29, 1.82) is 0 Å². The van der Waals surface area contributed by atoms with Gasteiger partial charge in [-0.2, -0.15) is 0 Å². The Kier molecular flexibility index (Phi) is 6.09. The fraction of sp³-hybridized carbons (Fsp3) is 1.00. The largest absolute Gasteiger partial charge is 0.330 e. The second-order valence-corrected chi connectivity index (χ2v) is 7.36. The van der Waals surface area contributed by atoms with Gasteiger partial charge in [-0.1, -0.05) is 20.8 Å². The molecule has 1 aliphatic heterocycles. The molecule has 2 unspecified atom stereocenters. The van der Waals surface area contributed by atoms with Crippen LogP contribution in [0.15, 0.2) is 0 Å². The van der Waals surface area contributed by atoms with Gasteiger partial charge in [0.2, 0.25) is 0 Å². The number of hydrogen-bond acceptors (Lipinski definition) is 3. The van der Waals surface area contributed by atoms with Crippen LogP contribution >= 0.6 is 0 Å². The molecule has 3 nitrogen and oxygen atoms in total. The summed E-state index contributed by atoms with van der Waals surface area (Å²) in [6.45, 7) is 11.4. The zero-order valence-electron chi connectivity index (χ0n) is 13.1. The predicted octanol–water partition coefficient (Wildman–Crippen LogP) is 2.02. The van der Waals surface area contributed by atoms with Crippen LogP contribution in [0.4, 0.5) is 0 Å². The van der Waals surface area contributed by atoms with Crippen LogP contribution < -0.4 is 5.73 Å². The summed E-state index contributed by atoms with van der Waals surface area (Å²) in [5.41, 5.74) is 6.33. The molecule has 0 bridgehead atoms. The van der Waals surface area contributed by atoms with Crippen molar-refractivity contribution < 1.29 is 0 Å². The normalized spacial score (nSPS) is 24.5. The van der Waals surface area contributed by atoms with Gasteiger partial charge < -0.3 is 15.5 Å². The minimum atomic E-state index is 0.383. The molecule has 0 spiro atoms. The molecule has 1 aliphatic rings. The first-order chi connectivity index (χ1) is 8.31. The zero-order valence-corrected chi connectivity index (χ0v) is 13.1. The topological polar surface area (TPSA) is 32.5 Å². The summed E-state index contributed by atoms with van der Waals surface area (Å²) in [6, 6.07) is 0.720. The van der Waals surface area contributed by atoms with Crippen molar-refractivity contribution in [3.8, 4) is 0 Å². The van der Waals surface area contributed by atoms with Gasteiger partial charge in [0.05, 0.1) is 0 Å². The Bertz CT molecular complexity index is 234. The van der Waals surface area contributed by atoms with E-state index in [0.29, 0.717) is 11.3 Å². The van der Waals surface area contributed by atoms with Crippen molar-refractivity contribution >= 4 is 0 Å². The van der Waals surface area contributed by atoms with Crippen LogP contribution in [0.2, 0.25) is 0 Å². The highest BCUT2D eigenvalue weighted by molar-refractivity contribution is 4.80. The van der Waals surface area contributed by atoms with Crippen LogP contribution in [0.5, 0.6) is 0 Å². The molecule has 108 valence electrons. The third-order valence-electron chi connectivity index (χ3n) is 4.00. The molecule has 0 aromatic heterocycles. The maximum Gasteiger partial charge on any atom is 0.0220 e. The quantitative estimate of drug-likeness (QED) is 0.816. The van der Waals surface area contributed by atoms with Crippen molar-refractivity contribution in [2.45, 2.75) is 46.1 Å². The minimum Gasteiger partial charge on any atom is -0.330 e. The molecule has 18 heavy (non-hydrogen) atoms. The second-order valence-electron chi connectivity index (χ2n) is 7.36. The lowest BCUT2D eigenvalue weighted by atomic mass is 9.84. The Morgan fingerprint density at radius 1 is 1.39 bits per heavy atom. The van der Waals surface area contributed by atoms with Gasteiger partial charge in [0, 0.05) is 19.1 Å². The highest BCUT2D eigenvalue weighted by atomic mass is 15.2. The van der Waals surface area contributed by atoms with E-state index in [2.05, 4.69) is 44.7 Å². The van der Waals surface area contributed by atoms with E-state index in [1.807, 2.05) is 0 Å². The first-order valence-corrected chi connectivity index (χ1v) is 7.40. The van der Waals surface area contributed by atoms with Gasteiger partial charge in [0.1, 0.15) is 0 Å². The molecular formula is C15H33N3. The summed E-state index contributed by atoms with van der Waals surface area (Å²) in [4.78, 5) is 4.99. The van der Waals surface area contributed by atoms with Crippen LogP contribution in [0.25, 0.3) is 0 Å². The van der Waals surface area contributed by atoms with E-state index in [-0.39, 0.29) is 0 Å². The summed E-state index contributed by atoms with van der Waals surface area (Å²) in [6.07, 6.45) is 3.89. The first kappa shape index (κ1) is 15.9. The summed E-state index contributed by atoms with van der Waals surface area (Å²) >= 11 is 0. The molecule has 1 rings (SSSR count). The van der Waals surface area contributed by atoms with E-state index in [1.54, 1.807) is 0 Å². The van der Waals surface area contributed by atoms with Gasteiger partial charge in [0.25, 0.3) is 0 Å². The van der Waals surface area contributed by atoms with Crippen molar-refractivity contribution in [2.24, 2.45) is 17.1 Å². The Morgan fingerprint density at radius 2 is 2.06 bits per heavy atom. The first-order valence-electron chi connectivity index (χ1n) is 7.40. The van der Waals surface area contributed by atoms with Gasteiger partial charge in [-0.05, 0) is 57.8 Å². The summed E-state index contributed by atoms with van der Waals surface area (Å²) < 4.78 is 0. The van der Waals surface area contributed by atoms with Gasteiger partial charge >= 0.3 is 0 Å². The Morgan fingerprint density at radius 3 is 2.56 bits per heavy atom. The smallest absolute Gasteiger partial charge is 0.0220 e. The average molecular weight is 255 g/mol. The fourth-order valence-electron chi connectivity index (χ4n) is 3.14. The number of nitrogens with two attached hydrogens (primary N) is 1. The van der Waals surface area contributed by atoms with E-state index in [9.17, 15) is 0 Å². The number of nitrogens with zero attached hydrogens (tertiary/aromatic N) is 2. The molecular weight excluding hydrogens is 222 g/mol. The molecule has 1 fully saturated rings. The maximum atomic E-state index is 5.95. The van der Waals surface area contributed by atoms with E-state index >= 15 is 0 Å².